The molecule has 1 aliphatic rings. The third kappa shape index (κ3) is 3.61. The van der Waals surface area contributed by atoms with Crippen LogP contribution < -0.4 is 0 Å². The molecule has 1 rings (SSSR count). The van der Waals surface area contributed by atoms with E-state index in [1.54, 1.807) is 0 Å². The Balaban J connectivity index is 2.90. The van der Waals surface area contributed by atoms with Gasteiger partial charge < -0.3 is 25.1 Å². The Bertz CT molecular complexity index is 346. The number of hydrogen-bond acceptors (Lipinski definition) is 4. The first kappa shape index (κ1) is 16.7. The van der Waals surface area contributed by atoms with E-state index in [0.29, 0.717) is 0 Å². The van der Waals surface area contributed by atoms with Gasteiger partial charge in [-0.3, -0.25) is 0 Å². The van der Waals surface area contributed by atoms with Crippen LogP contribution in [0.2, 0.25) is 0 Å². The molecule has 1 aliphatic heterocycles. The van der Waals surface area contributed by atoms with Gasteiger partial charge in [-0.15, -0.1) is 0 Å². The predicted molar refractivity (Wildman–Crippen MR) is 72.3 cm³/mol. The average molecular weight is 288 g/mol. The fourth-order valence-corrected chi connectivity index (χ4v) is 2.70. The summed E-state index contributed by atoms with van der Waals surface area (Å²) in [6.45, 7) is 3.91. The van der Waals surface area contributed by atoms with E-state index in [1.807, 2.05) is 13.8 Å². The molecule has 7 heteroatoms. The Hall–Kier alpha value is -1.34. The number of hydrogen-bond donors (Lipinski definition) is 3. The van der Waals surface area contributed by atoms with Crippen molar-refractivity contribution in [1.29, 1.82) is 0 Å². The molecule has 1 fully saturated rings. The lowest BCUT2D eigenvalue weighted by Gasteiger charge is -2.35. The van der Waals surface area contributed by atoms with E-state index < -0.39 is 24.1 Å². The summed E-state index contributed by atoms with van der Waals surface area (Å²) >= 11 is 0. The van der Waals surface area contributed by atoms with Crippen molar-refractivity contribution in [2.75, 3.05) is 19.7 Å². The van der Waals surface area contributed by atoms with Crippen LogP contribution in [0.1, 0.15) is 33.1 Å². The molecule has 1 heterocycles. The van der Waals surface area contributed by atoms with Gasteiger partial charge in [-0.2, -0.15) is 0 Å². The SMILES string of the molecule is CCC(CC)N(CCO)C(=O)N1C[C@H](O)C[C@@H]1C(=O)O. The minimum Gasteiger partial charge on any atom is -0.480 e. The number of β-amino-alcohol motifs (C(OH)–C–C–N with tert-alkyl or cyclic N) is 1. The van der Waals surface area contributed by atoms with Crippen molar-refractivity contribution in [3.63, 3.8) is 0 Å². The topological polar surface area (TPSA) is 101 Å². The smallest absolute Gasteiger partial charge is 0.326 e. The van der Waals surface area contributed by atoms with E-state index in [4.69, 9.17) is 10.2 Å². The van der Waals surface area contributed by atoms with Gasteiger partial charge in [-0.25, -0.2) is 9.59 Å². The van der Waals surface area contributed by atoms with Gasteiger partial charge in [0.15, 0.2) is 0 Å². The zero-order valence-electron chi connectivity index (χ0n) is 12.0. The van der Waals surface area contributed by atoms with Crippen LogP contribution in [-0.2, 0) is 4.79 Å². The lowest BCUT2D eigenvalue weighted by Crippen LogP contribution is -2.52. The monoisotopic (exact) mass is 288 g/mol. The Morgan fingerprint density at radius 3 is 2.40 bits per heavy atom. The molecule has 7 nitrogen and oxygen atoms in total. The highest BCUT2D eigenvalue weighted by Gasteiger charge is 2.41. The zero-order chi connectivity index (χ0) is 15.3. The summed E-state index contributed by atoms with van der Waals surface area (Å²) in [6, 6.07) is -1.45. The quantitative estimate of drug-likeness (QED) is 0.644. The molecular weight excluding hydrogens is 264 g/mol. The third-order valence-electron chi connectivity index (χ3n) is 3.78. The maximum Gasteiger partial charge on any atom is 0.326 e. The second kappa shape index (κ2) is 7.44. The van der Waals surface area contributed by atoms with E-state index in [0.717, 1.165) is 12.8 Å². The van der Waals surface area contributed by atoms with Crippen molar-refractivity contribution >= 4 is 12.0 Å². The second-order valence-electron chi connectivity index (χ2n) is 5.07. The lowest BCUT2D eigenvalue weighted by atomic mass is 10.1. The molecule has 0 aromatic carbocycles. The fourth-order valence-electron chi connectivity index (χ4n) is 2.70. The van der Waals surface area contributed by atoms with E-state index in [9.17, 15) is 14.7 Å². The number of carboxylic acid groups (broad SMARTS) is 1. The Labute approximate surface area is 118 Å². The van der Waals surface area contributed by atoms with Crippen molar-refractivity contribution in [3.8, 4) is 0 Å². The maximum absolute atomic E-state index is 12.5. The van der Waals surface area contributed by atoms with E-state index in [2.05, 4.69) is 0 Å². The highest BCUT2D eigenvalue weighted by atomic mass is 16.4. The molecule has 20 heavy (non-hydrogen) atoms. The summed E-state index contributed by atoms with van der Waals surface area (Å²) in [4.78, 5) is 26.4. The van der Waals surface area contributed by atoms with E-state index >= 15 is 0 Å². The molecule has 2 atom stereocenters. The number of urea groups is 1. The van der Waals surface area contributed by atoms with E-state index in [1.165, 1.54) is 9.80 Å². The minimum absolute atomic E-state index is 0.0257. The lowest BCUT2D eigenvalue weighted by molar-refractivity contribution is -0.141. The normalized spacial score (nSPS) is 22.4. The molecule has 0 spiro atoms. The molecule has 2 amide bonds. The zero-order valence-corrected chi connectivity index (χ0v) is 12.0. The van der Waals surface area contributed by atoms with Crippen LogP contribution in [0.3, 0.4) is 0 Å². The largest absolute Gasteiger partial charge is 0.480 e. The van der Waals surface area contributed by atoms with Gasteiger partial charge in [0.2, 0.25) is 0 Å². The minimum atomic E-state index is -1.11. The third-order valence-corrected chi connectivity index (χ3v) is 3.78. The summed E-state index contributed by atoms with van der Waals surface area (Å²) in [5.74, 6) is -1.11. The van der Waals surface area contributed by atoms with Gasteiger partial charge in [0.05, 0.1) is 12.7 Å². The Kier molecular flexibility index (Phi) is 6.22. The molecule has 0 aromatic rings. The second-order valence-corrected chi connectivity index (χ2v) is 5.07. The summed E-state index contributed by atoms with van der Waals surface area (Å²) in [6.07, 6.45) is 0.710. The van der Waals surface area contributed by atoms with Gasteiger partial charge in [-0.05, 0) is 12.8 Å². The molecular formula is C13H24N2O5. The molecule has 0 aromatic heterocycles. The van der Waals surface area contributed by atoms with Crippen molar-refractivity contribution in [2.45, 2.75) is 51.3 Å². The van der Waals surface area contributed by atoms with Crippen molar-refractivity contribution in [1.82, 2.24) is 9.80 Å². The number of rotatable bonds is 6. The highest BCUT2D eigenvalue weighted by molar-refractivity contribution is 5.83. The van der Waals surface area contributed by atoms with Gasteiger partial charge in [0, 0.05) is 25.6 Å². The molecule has 0 saturated carbocycles. The number of carbonyl (C=O) groups excluding carboxylic acids is 1. The average Bonchev–Trinajstić information content (AvgIpc) is 2.80. The van der Waals surface area contributed by atoms with Crippen LogP contribution in [0.5, 0.6) is 0 Å². The number of carboxylic acids is 1. The molecule has 3 N–H and O–H groups in total. The molecule has 116 valence electrons. The first-order valence-corrected chi connectivity index (χ1v) is 7.05. The maximum atomic E-state index is 12.5. The van der Waals surface area contributed by atoms with Crippen molar-refractivity contribution < 1.29 is 24.9 Å². The molecule has 1 saturated heterocycles. The van der Waals surface area contributed by atoms with Crippen LogP contribution in [0.4, 0.5) is 4.79 Å². The summed E-state index contributed by atoms with van der Waals surface area (Å²) < 4.78 is 0. The number of carbonyl (C=O) groups is 2. The van der Waals surface area contributed by atoms with Gasteiger partial charge in [0.25, 0.3) is 0 Å². The molecule has 0 bridgehead atoms. The molecule has 0 unspecified atom stereocenters. The Morgan fingerprint density at radius 1 is 1.35 bits per heavy atom. The molecule has 0 radical (unpaired) electrons. The van der Waals surface area contributed by atoms with Crippen molar-refractivity contribution in [3.05, 3.63) is 0 Å². The van der Waals surface area contributed by atoms with Crippen LogP contribution in [0.15, 0.2) is 0 Å². The standard InChI is InChI=1S/C13H24N2O5/c1-3-9(4-2)14(5-6-16)13(20)15-8-10(17)7-11(15)12(18)19/h9-11,16-17H,3-8H2,1-2H3,(H,18,19)/t10-,11-/m1/s1. The first-order valence-electron chi connectivity index (χ1n) is 7.05. The van der Waals surface area contributed by atoms with Crippen LogP contribution in [0, 0.1) is 0 Å². The summed E-state index contributed by atoms with van der Waals surface area (Å²) in [7, 11) is 0. The van der Waals surface area contributed by atoms with Gasteiger partial charge in [0.1, 0.15) is 6.04 Å². The van der Waals surface area contributed by atoms with Gasteiger partial charge >= 0.3 is 12.0 Å². The first-order chi connectivity index (χ1) is 9.46. The van der Waals surface area contributed by atoms with Crippen LogP contribution >= 0.6 is 0 Å². The van der Waals surface area contributed by atoms with Crippen LogP contribution in [0.25, 0.3) is 0 Å². The number of likely N-dealkylation sites (tertiary alicyclic amines) is 1. The van der Waals surface area contributed by atoms with E-state index in [-0.39, 0.29) is 32.2 Å². The number of amides is 2. The summed E-state index contributed by atoms with van der Waals surface area (Å²) in [5, 5.41) is 27.9. The number of aliphatic hydroxyl groups is 2. The predicted octanol–water partition coefficient (Wildman–Crippen LogP) is 0.109. The highest BCUT2D eigenvalue weighted by Crippen LogP contribution is 2.22. The Morgan fingerprint density at radius 2 is 1.95 bits per heavy atom. The molecule has 0 aliphatic carbocycles. The van der Waals surface area contributed by atoms with Crippen molar-refractivity contribution in [2.24, 2.45) is 0 Å². The number of aliphatic carboxylic acids is 1. The number of aliphatic hydroxyl groups excluding tert-OH is 2. The summed E-state index contributed by atoms with van der Waals surface area (Å²) in [5.41, 5.74) is 0. The number of nitrogens with zero attached hydrogens (tertiary/aromatic N) is 2. The van der Waals surface area contributed by atoms with Gasteiger partial charge in [-0.1, -0.05) is 13.8 Å². The van der Waals surface area contributed by atoms with Crippen LogP contribution in [-0.4, -0.2) is 75.0 Å². The fraction of sp³-hybridized carbons (Fsp3) is 0.846.